The highest BCUT2D eigenvalue weighted by atomic mass is 35.5. The Hall–Kier alpha value is -0.280. The quantitative estimate of drug-likeness (QED) is 0.644. The number of carbonyl (C=O) groups is 1. The summed E-state index contributed by atoms with van der Waals surface area (Å²) in [6, 6.07) is 0. The summed E-state index contributed by atoms with van der Waals surface area (Å²) in [6.45, 7) is 0.346. The van der Waals surface area contributed by atoms with E-state index < -0.39 is 5.60 Å². The Balaban J connectivity index is 2.25. The number of carbonyl (C=O) groups excluding carboxylic acids is 1. The van der Waals surface area contributed by atoms with Crippen molar-refractivity contribution in [3.8, 4) is 0 Å². The highest BCUT2D eigenvalue weighted by Gasteiger charge is 2.30. The van der Waals surface area contributed by atoms with Crippen LogP contribution in [0.2, 0.25) is 0 Å². The van der Waals surface area contributed by atoms with Crippen molar-refractivity contribution in [3.63, 3.8) is 0 Å². The normalized spacial score (nSPS) is 20.8. The van der Waals surface area contributed by atoms with Crippen LogP contribution in [0.15, 0.2) is 0 Å². The van der Waals surface area contributed by atoms with E-state index in [1.807, 2.05) is 0 Å². The first-order chi connectivity index (χ1) is 5.66. The van der Waals surface area contributed by atoms with Crippen molar-refractivity contribution in [1.82, 2.24) is 5.32 Å². The van der Waals surface area contributed by atoms with Crippen molar-refractivity contribution in [3.05, 3.63) is 0 Å². The number of halogens is 1. The molecule has 1 fully saturated rings. The number of alkyl halides is 1. The molecular formula is C8H14ClNO2. The molecule has 0 heterocycles. The van der Waals surface area contributed by atoms with Crippen LogP contribution in [0.1, 0.15) is 25.7 Å². The van der Waals surface area contributed by atoms with Gasteiger partial charge in [0.15, 0.2) is 0 Å². The van der Waals surface area contributed by atoms with Gasteiger partial charge in [0.2, 0.25) is 5.91 Å². The van der Waals surface area contributed by atoms with E-state index in [2.05, 4.69) is 5.32 Å². The lowest BCUT2D eigenvalue weighted by atomic mass is 10.0. The summed E-state index contributed by atoms with van der Waals surface area (Å²) in [4.78, 5) is 10.8. The Bertz CT molecular complexity index is 166. The third-order valence-corrected chi connectivity index (χ3v) is 2.51. The van der Waals surface area contributed by atoms with Gasteiger partial charge >= 0.3 is 0 Å². The monoisotopic (exact) mass is 191 g/mol. The van der Waals surface area contributed by atoms with Gasteiger partial charge in [-0.05, 0) is 12.8 Å². The standard InChI is InChI=1S/C8H14ClNO2/c9-5-7(11)10-6-8(12)3-1-2-4-8/h12H,1-6H2,(H,10,11). The molecule has 0 unspecified atom stereocenters. The molecule has 1 saturated carbocycles. The van der Waals surface area contributed by atoms with Gasteiger partial charge in [-0.2, -0.15) is 0 Å². The molecule has 0 aromatic heterocycles. The molecule has 1 amide bonds. The van der Waals surface area contributed by atoms with Gasteiger partial charge in [0, 0.05) is 6.54 Å². The molecule has 0 saturated heterocycles. The summed E-state index contributed by atoms with van der Waals surface area (Å²) in [6.07, 6.45) is 3.67. The van der Waals surface area contributed by atoms with E-state index in [9.17, 15) is 9.90 Å². The topological polar surface area (TPSA) is 49.3 Å². The fraction of sp³-hybridized carbons (Fsp3) is 0.875. The Kier molecular flexibility index (Phi) is 3.35. The van der Waals surface area contributed by atoms with E-state index in [-0.39, 0.29) is 11.8 Å². The SMILES string of the molecule is O=C(CCl)NCC1(O)CCCC1. The lowest BCUT2D eigenvalue weighted by molar-refractivity contribution is -0.119. The Morgan fingerprint density at radius 3 is 2.58 bits per heavy atom. The van der Waals surface area contributed by atoms with Crippen LogP contribution in [0.3, 0.4) is 0 Å². The van der Waals surface area contributed by atoms with Gasteiger partial charge in [-0.25, -0.2) is 0 Å². The zero-order valence-corrected chi connectivity index (χ0v) is 7.73. The van der Waals surface area contributed by atoms with Crippen LogP contribution < -0.4 is 5.32 Å². The average molecular weight is 192 g/mol. The van der Waals surface area contributed by atoms with Crippen LogP contribution in [0.25, 0.3) is 0 Å². The summed E-state index contributed by atoms with van der Waals surface area (Å²) in [5.74, 6) is -0.243. The fourth-order valence-corrected chi connectivity index (χ4v) is 1.61. The number of nitrogens with one attached hydrogen (secondary N) is 1. The predicted molar refractivity (Wildman–Crippen MR) is 47.1 cm³/mol. The zero-order valence-electron chi connectivity index (χ0n) is 6.98. The van der Waals surface area contributed by atoms with Crippen molar-refractivity contribution in [1.29, 1.82) is 0 Å². The minimum absolute atomic E-state index is 0.0317. The molecule has 1 aliphatic rings. The minimum Gasteiger partial charge on any atom is -0.388 e. The van der Waals surface area contributed by atoms with E-state index in [0.717, 1.165) is 25.7 Å². The van der Waals surface area contributed by atoms with Crippen molar-refractivity contribution in [2.45, 2.75) is 31.3 Å². The number of rotatable bonds is 3. The van der Waals surface area contributed by atoms with Crippen LogP contribution in [0.5, 0.6) is 0 Å². The molecule has 0 aromatic carbocycles. The molecule has 0 aromatic rings. The molecule has 1 aliphatic carbocycles. The Morgan fingerprint density at radius 1 is 1.50 bits per heavy atom. The van der Waals surface area contributed by atoms with Crippen LogP contribution in [0, 0.1) is 0 Å². The maximum Gasteiger partial charge on any atom is 0.235 e. The van der Waals surface area contributed by atoms with Gasteiger partial charge in [-0.3, -0.25) is 4.79 Å². The molecule has 4 heteroatoms. The van der Waals surface area contributed by atoms with E-state index in [4.69, 9.17) is 11.6 Å². The van der Waals surface area contributed by atoms with E-state index in [1.54, 1.807) is 0 Å². The van der Waals surface area contributed by atoms with Crippen LogP contribution in [0.4, 0.5) is 0 Å². The van der Waals surface area contributed by atoms with Crippen LogP contribution >= 0.6 is 11.6 Å². The lowest BCUT2D eigenvalue weighted by Gasteiger charge is -2.21. The number of aliphatic hydroxyl groups is 1. The molecule has 2 N–H and O–H groups in total. The second-order valence-corrected chi connectivity index (χ2v) is 3.61. The summed E-state index contributed by atoms with van der Waals surface area (Å²) >= 11 is 5.29. The van der Waals surface area contributed by atoms with Gasteiger partial charge in [0.25, 0.3) is 0 Å². The van der Waals surface area contributed by atoms with Gasteiger partial charge in [0.1, 0.15) is 5.88 Å². The fourth-order valence-electron chi connectivity index (χ4n) is 1.52. The average Bonchev–Trinajstić information content (AvgIpc) is 2.49. The molecule has 12 heavy (non-hydrogen) atoms. The highest BCUT2D eigenvalue weighted by Crippen LogP contribution is 2.28. The summed E-state index contributed by atoms with van der Waals surface area (Å²) in [7, 11) is 0. The first-order valence-corrected chi connectivity index (χ1v) is 4.75. The van der Waals surface area contributed by atoms with Crippen molar-refractivity contribution in [2.75, 3.05) is 12.4 Å². The lowest BCUT2D eigenvalue weighted by Crippen LogP contribution is -2.41. The van der Waals surface area contributed by atoms with E-state index in [1.165, 1.54) is 0 Å². The smallest absolute Gasteiger partial charge is 0.235 e. The summed E-state index contributed by atoms with van der Waals surface area (Å²) in [5.41, 5.74) is -0.665. The van der Waals surface area contributed by atoms with Gasteiger partial charge < -0.3 is 10.4 Å². The predicted octanol–water partition coefficient (Wildman–Crippen LogP) is 0.646. The molecule has 0 aliphatic heterocycles. The maximum atomic E-state index is 10.8. The largest absolute Gasteiger partial charge is 0.388 e. The van der Waals surface area contributed by atoms with Gasteiger partial charge in [0.05, 0.1) is 5.60 Å². The molecule has 70 valence electrons. The van der Waals surface area contributed by atoms with Gasteiger partial charge in [-0.1, -0.05) is 12.8 Å². The molecular weight excluding hydrogens is 178 g/mol. The van der Waals surface area contributed by atoms with Crippen molar-refractivity contribution >= 4 is 17.5 Å². The van der Waals surface area contributed by atoms with E-state index >= 15 is 0 Å². The van der Waals surface area contributed by atoms with E-state index in [0.29, 0.717) is 6.54 Å². The van der Waals surface area contributed by atoms with Crippen molar-refractivity contribution < 1.29 is 9.90 Å². The Labute approximate surface area is 77.1 Å². The first kappa shape index (κ1) is 9.81. The second-order valence-electron chi connectivity index (χ2n) is 3.34. The maximum absolute atomic E-state index is 10.8. The molecule has 0 spiro atoms. The third-order valence-electron chi connectivity index (χ3n) is 2.27. The molecule has 0 atom stereocenters. The van der Waals surface area contributed by atoms with Crippen LogP contribution in [-0.4, -0.2) is 29.0 Å². The summed E-state index contributed by atoms with van der Waals surface area (Å²) in [5, 5.41) is 12.4. The number of hydrogen-bond donors (Lipinski definition) is 2. The van der Waals surface area contributed by atoms with Gasteiger partial charge in [-0.15, -0.1) is 11.6 Å². The van der Waals surface area contributed by atoms with Crippen LogP contribution in [-0.2, 0) is 4.79 Å². The Morgan fingerprint density at radius 2 is 2.08 bits per heavy atom. The van der Waals surface area contributed by atoms with Crippen molar-refractivity contribution in [2.24, 2.45) is 0 Å². The molecule has 0 radical (unpaired) electrons. The highest BCUT2D eigenvalue weighted by molar-refractivity contribution is 6.27. The summed E-state index contributed by atoms with van der Waals surface area (Å²) < 4.78 is 0. The molecule has 3 nitrogen and oxygen atoms in total. The number of hydrogen-bond acceptors (Lipinski definition) is 2. The second kappa shape index (κ2) is 4.10. The number of amides is 1. The third kappa shape index (κ3) is 2.64. The zero-order chi connectivity index (χ0) is 9.03. The minimum atomic E-state index is -0.665. The molecule has 1 rings (SSSR count). The molecule has 0 bridgehead atoms. The first-order valence-electron chi connectivity index (χ1n) is 4.21.